The molecule has 170 valence electrons. The number of rotatable bonds is 3. The topological polar surface area (TPSA) is 0 Å². The third kappa shape index (κ3) is 4.45. The van der Waals surface area contributed by atoms with E-state index in [1.165, 1.54) is 40.5 Å². The van der Waals surface area contributed by atoms with Gasteiger partial charge in [0.2, 0.25) is 0 Å². The van der Waals surface area contributed by atoms with Gasteiger partial charge in [-0.3, -0.25) is 0 Å². The van der Waals surface area contributed by atoms with Crippen LogP contribution in [0.4, 0.5) is 8.78 Å². The van der Waals surface area contributed by atoms with E-state index in [0.29, 0.717) is 9.54 Å². The summed E-state index contributed by atoms with van der Waals surface area (Å²) in [5.41, 5.74) is 7.09. The van der Waals surface area contributed by atoms with Gasteiger partial charge in [0.1, 0.15) is 0 Å². The maximum Gasteiger partial charge on any atom is -0.147 e. The first kappa shape index (κ1) is 27.4. The van der Waals surface area contributed by atoms with Crippen molar-refractivity contribution in [3.05, 3.63) is 96.9 Å². The van der Waals surface area contributed by atoms with Gasteiger partial charge >= 0.3 is 187 Å². The molecule has 0 radical (unpaired) electrons. The number of halogens is 4. The van der Waals surface area contributed by atoms with Gasteiger partial charge in [-0.05, 0) is 0 Å². The molecule has 0 saturated carbocycles. The Morgan fingerprint density at radius 1 is 0.844 bits per heavy atom. The van der Waals surface area contributed by atoms with E-state index in [0.717, 1.165) is 11.1 Å². The number of benzene rings is 2. The van der Waals surface area contributed by atoms with Gasteiger partial charge in [-0.15, -0.1) is 24.8 Å². The van der Waals surface area contributed by atoms with E-state index >= 15 is 0 Å². The van der Waals surface area contributed by atoms with Crippen molar-refractivity contribution in [1.82, 2.24) is 0 Å². The van der Waals surface area contributed by atoms with Gasteiger partial charge in [-0.1, -0.05) is 0 Å². The van der Waals surface area contributed by atoms with Gasteiger partial charge in [0.15, 0.2) is 0 Å². The van der Waals surface area contributed by atoms with Gasteiger partial charge < -0.3 is 0 Å². The average Bonchev–Trinajstić information content (AvgIpc) is 3.16. The molecule has 2 atom stereocenters. The van der Waals surface area contributed by atoms with E-state index in [2.05, 4.69) is 59.0 Å². The summed E-state index contributed by atoms with van der Waals surface area (Å²) in [4.78, 5) is 0. The van der Waals surface area contributed by atoms with Crippen LogP contribution in [-0.2, 0) is 20.4 Å². The summed E-state index contributed by atoms with van der Waals surface area (Å²) < 4.78 is 31.5. The van der Waals surface area contributed by atoms with Crippen molar-refractivity contribution in [3.8, 4) is 0 Å². The minimum Gasteiger partial charge on any atom is -0.147 e. The largest absolute Gasteiger partial charge is 0.147 e. The monoisotopic (exact) mass is 568 g/mol. The second kappa shape index (κ2) is 10.6. The first-order chi connectivity index (χ1) is 14.2. The van der Waals surface area contributed by atoms with E-state index in [1.54, 1.807) is 3.28 Å². The number of allylic oxidation sites excluding steroid dienone is 5. The van der Waals surface area contributed by atoms with Crippen LogP contribution in [0.1, 0.15) is 48.0 Å². The molecule has 6 heteroatoms. The third-order valence-corrected chi connectivity index (χ3v) is 25.5. The Hall–Kier alpha value is -0.800. The zero-order valence-corrected chi connectivity index (χ0v) is 24.4. The first-order valence-corrected chi connectivity index (χ1v) is 19.4. The molecule has 0 aliphatic heterocycles. The fourth-order valence-electron chi connectivity index (χ4n) is 5.12. The molecule has 0 spiro atoms. The molecule has 2 aliphatic carbocycles. The summed E-state index contributed by atoms with van der Waals surface area (Å²) >= 11 is -2.16. The summed E-state index contributed by atoms with van der Waals surface area (Å²) in [7, 11) is 0. The van der Waals surface area contributed by atoms with Crippen LogP contribution in [-0.4, -0.2) is 5.43 Å². The summed E-state index contributed by atoms with van der Waals surface area (Å²) in [6, 6.07) is 12.5. The molecule has 0 bridgehead atoms. The van der Waals surface area contributed by atoms with E-state index in [-0.39, 0.29) is 30.4 Å². The van der Waals surface area contributed by atoms with Gasteiger partial charge in [0, 0.05) is 0 Å². The van der Waals surface area contributed by atoms with Crippen LogP contribution in [0.15, 0.2) is 68.5 Å². The van der Waals surface area contributed by atoms with Crippen LogP contribution in [0.25, 0.3) is 5.57 Å². The van der Waals surface area contributed by atoms with E-state index in [1.807, 2.05) is 12.1 Å². The van der Waals surface area contributed by atoms with Crippen molar-refractivity contribution in [2.45, 2.75) is 44.4 Å². The van der Waals surface area contributed by atoms with Crippen LogP contribution >= 0.6 is 24.8 Å². The molecule has 0 aromatic heterocycles. The summed E-state index contributed by atoms with van der Waals surface area (Å²) in [6.45, 7) is 14.1. The molecule has 0 saturated heterocycles. The molecule has 0 heterocycles. The molecule has 0 N–H and O–H groups in total. The Morgan fingerprint density at radius 2 is 1.44 bits per heavy atom. The molecular formula is C26H30Cl2F2SiZr. The standard InChI is InChI=1S/C15H9F2.C9H13.C2H6Si.2ClH.Zr/c16-13-6-3-7-14(17)15(13)12-9-8-10-4-1-2-5-11(10)12;1-6-5-7(2)9(4)8(6)3;1-3-2;;;/h1-9H;6H,1-4H3;1-2H3;2*1H;. The molecule has 4 rings (SSSR count). The fraction of sp³-hybridized carbons (Fsp3) is 0.308. The van der Waals surface area contributed by atoms with Crippen LogP contribution < -0.4 is 0 Å². The Labute approximate surface area is 210 Å². The predicted octanol–water partition coefficient (Wildman–Crippen LogP) is 8.42. The molecule has 32 heavy (non-hydrogen) atoms. The zero-order valence-electron chi connectivity index (χ0n) is 19.3. The van der Waals surface area contributed by atoms with Crippen LogP contribution in [0.2, 0.25) is 13.1 Å². The molecule has 2 unspecified atom stereocenters. The molecule has 0 amide bonds. The predicted molar refractivity (Wildman–Crippen MR) is 135 cm³/mol. The van der Waals surface area contributed by atoms with E-state index in [4.69, 9.17) is 0 Å². The van der Waals surface area contributed by atoms with Crippen molar-refractivity contribution in [1.29, 1.82) is 0 Å². The molecule has 0 nitrogen and oxygen atoms in total. The minimum atomic E-state index is -2.16. The molecular weight excluding hydrogens is 540 g/mol. The zero-order chi connectivity index (χ0) is 21.7. The Bertz CT molecular complexity index is 1170. The molecule has 0 fully saturated rings. The molecule has 2 aromatic carbocycles. The van der Waals surface area contributed by atoms with Crippen LogP contribution in [0, 0.1) is 17.6 Å². The maximum absolute atomic E-state index is 14.7. The molecule has 2 aromatic rings. The second-order valence-electron chi connectivity index (χ2n) is 8.72. The van der Waals surface area contributed by atoms with Gasteiger partial charge in [0.25, 0.3) is 0 Å². The summed E-state index contributed by atoms with van der Waals surface area (Å²) in [5, 5.41) is 0. The Kier molecular flexibility index (Phi) is 9.12. The average molecular weight is 571 g/mol. The summed E-state index contributed by atoms with van der Waals surface area (Å²) in [6.07, 6.45) is 2.23. The van der Waals surface area contributed by atoms with Gasteiger partial charge in [0.05, 0.1) is 0 Å². The van der Waals surface area contributed by atoms with Crippen molar-refractivity contribution < 1.29 is 29.1 Å². The van der Waals surface area contributed by atoms with Crippen LogP contribution in [0.3, 0.4) is 0 Å². The molecule has 2 aliphatic rings. The van der Waals surface area contributed by atoms with E-state index in [9.17, 15) is 8.78 Å². The fourth-order valence-corrected chi connectivity index (χ4v) is 24.8. The Balaban J connectivity index is 0.00000181. The third-order valence-electron chi connectivity index (χ3n) is 6.93. The van der Waals surface area contributed by atoms with Crippen molar-refractivity contribution >= 4 is 35.8 Å². The smallest absolute Gasteiger partial charge is 0.147 e. The van der Waals surface area contributed by atoms with Crippen molar-refractivity contribution in [3.63, 3.8) is 0 Å². The van der Waals surface area contributed by atoms with E-state index < -0.39 is 37.4 Å². The van der Waals surface area contributed by atoms with Gasteiger partial charge in [-0.25, -0.2) is 0 Å². The Morgan fingerprint density at radius 3 is 1.97 bits per heavy atom. The quantitative estimate of drug-likeness (QED) is 0.325. The number of fused-ring (bicyclic) bond motifs is 1. The SMILES string of the molecule is CC1=C(C)C(C)[C]([Zr]([CH]2C=C(c3c(F)cccc3F)c3ccccc32)=[Si](C)C)=C1C.Cl.Cl. The van der Waals surface area contributed by atoms with Crippen molar-refractivity contribution in [2.24, 2.45) is 5.92 Å². The minimum absolute atomic E-state index is 0. The maximum atomic E-state index is 14.7. The summed E-state index contributed by atoms with van der Waals surface area (Å²) in [5.74, 6) is -0.439. The number of hydrogen-bond acceptors (Lipinski definition) is 0. The van der Waals surface area contributed by atoms with Gasteiger partial charge in [-0.2, -0.15) is 0 Å². The second-order valence-corrected chi connectivity index (χ2v) is 26.2. The van der Waals surface area contributed by atoms with Crippen molar-refractivity contribution in [2.75, 3.05) is 0 Å². The number of hydrogen-bond donors (Lipinski definition) is 0. The van der Waals surface area contributed by atoms with Crippen LogP contribution in [0.5, 0.6) is 0 Å². The normalized spacial score (nSPS) is 19.3. The first-order valence-electron chi connectivity index (χ1n) is 10.6.